The van der Waals surface area contributed by atoms with E-state index in [2.05, 4.69) is 10.6 Å². The van der Waals surface area contributed by atoms with Gasteiger partial charge in [-0.1, -0.05) is 23.2 Å². The summed E-state index contributed by atoms with van der Waals surface area (Å²) in [5.74, 6) is -1.92. The van der Waals surface area contributed by atoms with Crippen molar-refractivity contribution in [2.24, 2.45) is 0 Å². The molecular formula is C18H24Cl2N2O6. The van der Waals surface area contributed by atoms with Gasteiger partial charge in [0.1, 0.15) is 21.5 Å². The van der Waals surface area contributed by atoms with E-state index in [0.717, 1.165) is 0 Å². The van der Waals surface area contributed by atoms with Gasteiger partial charge in [-0.25, -0.2) is 0 Å². The van der Waals surface area contributed by atoms with Crippen LogP contribution in [0.1, 0.15) is 39.5 Å². The predicted octanol–water partition coefficient (Wildman–Crippen LogP) is 1.90. The number of Topliss-reactive ketones (excluding diaryl/α,β-unsaturated/α-hetero) is 2. The van der Waals surface area contributed by atoms with Gasteiger partial charge in [0.15, 0.2) is 0 Å². The van der Waals surface area contributed by atoms with E-state index in [1.54, 1.807) is 13.8 Å². The molecule has 0 fully saturated rings. The van der Waals surface area contributed by atoms with Gasteiger partial charge in [-0.05, 0) is 26.7 Å². The van der Waals surface area contributed by atoms with Crippen LogP contribution in [0.3, 0.4) is 0 Å². The zero-order valence-corrected chi connectivity index (χ0v) is 17.4. The van der Waals surface area contributed by atoms with Crippen LogP contribution >= 0.6 is 23.2 Å². The van der Waals surface area contributed by atoms with Crippen LogP contribution in [0, 0.1) is 0 Å². The highest BCUT2D eigenvalue weighted by Crippen LogP contribution is 2.27. The fourth-order valence-corrected chi connectivity index (χ4v) is 2.81. The maximum absolute atomic E-state index is 12.4. The van der Waals surface area contributed by atoms with E-state index < -0.39 is 11.6 Å². The maximum Gasteiger partial charge on any atom is 0.305 e. The molecule has 0 atom stereocenters. The average Bonchev–Trinajstić information content (AvgIpc) is 2.65. The quantitative estimate of drug-likeness (QED) is 0.272. The van der Waals surface area contributed by atoms with Crippen molar-refractivity contribution in [3.63, 3.8) is 0 Å². The Balaban J connectivity index is 2.58. The van der Waals surface area contributed by atoms with Crippen molar-refractivity contribution in [1.82, 2.24) is 10.6 Å². The lowest BCUT2D eigenvalue weighted by molar-refractivity contribution is -0.144. The summed E-state index contributed by atoms with van der Waals surface area (Å²) in [6.07, 6.45) is 1.14. The number of allylic oxidation sites excluding steroid dienone is 2. The van der Waals surface area contributed by atoms with Crippen LogP contribution in [0.2, 0.25) is 0 Å². The fraction of sp³-hybridized carbons (Fsp3) is 0.556. The summed E-state index contributed by atoms with van der Waals surface area (Å²) in [6.45, 7) is 4.51. The summed E-state index contributed by atoms with van der Waals surface area (Å²) >= 11 is 12.1. The molecule has 0 saturated carbocycles. The van der Waals surface area contributed by atoms with Gasteiger partial charge in [-0.15, -0.1) is 0 Å². The zero-order valence-electron chi connectivity index (χ0n) is 15.9. The van der Waals surface area contributed by atoms with Crippen LogP contribution in [-0.4, -0.2) is 49.8 Å². The molecule has 0 unspecified atom stereocenters. The van der Waals surface area contributed by atoms with Crippen LogP contribution < -0.4 is 10.6 Å². The van der Waals surface area contributed by atoms with E-state index in [4.69, 9.17) is 32.7 Å². The van der Waals surface area contributed by atoms with Crippen molar-refractivity contribution < 1.29 is 28.7 Å². The second-order valence-corrected chi connectivity index (χ2v) is 6.46. The van der Waals surface area contributed by atoms with E-state index in [1.165, 1.54) is 0 Å². The molecule has 156 valence electrons. The summed E-state index contributed by atoms with van der Waals surface area (Å²) < 4.78 is 9.62. The van der Waals surface area contributed by atoms with Gasteiger partial charge in [-0.3, -0.25) is 19.2 Å². The molecule has 0 saturated heterocycles. The molecule has 2 N–H and O–H groups in total. The summed E-state index contributed by atoms with van der Waals surface area (Å²) in [5, 5.41) is 4.96. The summed E-state index contributed by atoms with van der Waals surface area (Å²) in [7, 11) is 0. The molecule has 28 heavy (non-hydrogen) atoms. The molecule has 10 heteroatoms. The first-order chi connectivity index (χ1) is 13.3. The number of ketones is 2. The summed E-state index contributed by atoms with van der Waals surface area (Å²) in [5.41, 5.74) is -0.199. The molecule has 0 aromatic heterocycles. The standard InChI is InChI=1S/C18H24Cl2N2O6/c1-3-27-11(23)7-5-9-21-15-13(19)18(26)16(14(20)17(15)25)22-10-6-8-12(24)28-4-2/h21-22H,3-10H2,1-2H3. The Morgan fingerprint density at radius 2 is 1.14 bits per heavy atom. The monoisotopic (exact) mass is 434 g/mol. The average molecular weight is 435 g/mol. The van der Waals surface area contributed by atoms with Gasteiger partial charge >= 0.3 is 11.9 Å². The fourth-order valence-electron chi connectivity index (χ4n) is 2.32. The number of rotatable bonds is 12. The molecule has 1 rings (SSSR count). The lowest BCUT2D eigenvalue weighted by atomic mass is 10.1. The highest BCUT2D eigenvalue weighted by molar-refractivity contribution is 6.55. The van der Waals surface area contributed by atoms with E-state index in [9.17, 15) is 19.2 Å². The topological polar surface area (TPSA) is 111 Å². The lowest BCUT2D eigenvalue weighted by Crippen LogP contribution is -2.34. The van der Waals surface area contributed by atoms with Gasteiger partial charge in [0.2, 0.25) is 11.6 Å². The largest absolute Gasteiger partial charge is 0.466 e. The van der Waals surface area contributed by atoms with E-state index in [1.807, 2.05) is 0 Å². The molecule has 1 aliphatic carbocycles. The van der Waals surface area contributed by atoms with Crippen LogP contribution in [0.25, 0.3) is 0 Å². The van der Waals surface area contributed by atoms with E-state index in [0.29, 0.717) is 26.1 Å². The van der Waals surface area contributed by atoms with Gasteiger partial charge in [0.25, 0.3) is 0 Å². The third kappa shape index (κ3) is 7.16. The van der Waals surface area contributed by atoms with Crippen molar-refractivity contribution in [3.05, 3.63) is 21.5 Å². The third-order valence-corrected chi connectivity index (χ3v) is 4.34. The van der Waals surface area contributed by atoms with Crippen molar-refractivity contribution in [2.75, 3.05) is 26.3 Å². The molecule has 0 bridgehead atoms. The summed E-state index contributed by atoms with van der Waals surface area (Å²) in [6, 6.07) is 0. The number of esters is 2. The minimum Gasteiger partial charge on any atom is -0.466 e. The number of hydrogen-bond acceptors (Lipinski definition) is 8. The minimum atomic E-state index is -0.615. The Morgan fingerprint density at radius 1 is 0.786 bits per heavy atom. The zero-order chi connectivity index (χ0) is 21.1. The van der Waals surface area contributed by atoms with Gasteiger partial charge < -0.3 is 20.1 Å². The van der Waals surface area contributed by atoms with Gasteiger partial charge in [-0.2, -0.15) is 0 Å². The highest BCUT2D eigenvalue weighted by Gasteiger charge is 2.33. The number of nitrogens with one attached hydrogen (secondary N) is 2. The number of halogens is 2. The van der Waals surface area contributed by atoms with E-state index >= 15 is 0 Å². The Labute approximate surface area is 173 Å². The SMILES string of the molecule is CCOC(=O)CCCNC1=C(Cl)C(=O)C(NCCCC(=O)OCC)=C(Cl)C1=O. The molecular weight excluding hydrogens is 411 g/mol. The molecule has 0 radical (unpaired) electrons. The van der Waals surface area contributed by atoms with Crippen LogP contribution in [0.15, 0.2) is 21.5 Å². The first-order valence-corrected chi connectivity index (χ1v) is 9.76. The number of ether oxygens (including phenoxy) is 2. The number of carbonyl (C=O) groups excluding carboxylic acids is 4. The normalized spacial score (nSPS) is 14.3. The highest BCUT2D eigenvalue weighted by atomic mass is 35.5. The third-order valence-electron chi connectivity index (χ3n) is 3.62. The van der Waals surface area contributed by atoms with E-state index in [-0.39, 0.29) is 59.3 Å². The van der Waals surface area contributed by atoms with Crippen LogP contribution in [0.5, 0.6) is 0 Å². The Bertz CT molecular complexity index is 630. The first kappa shape index (κ1) is 24.0. The molecule has 0 spiro atoms. The van der Waals surface area contributed by atoms with Crippen molar-refractivity contribution >= 4 is 46.7 Å². The van der Waals surface area contributed by atoms with Crippen molar-refractivity contribution in [1.29, 1.82) is 0 Å². The molecule has 0 amide bonds. The van der Waals surface area contributed by atoms with Gasteiger partial charge in [0, 0.05) is 25.9 Å². The lowest BCUT2D eigenvalue weighted by Gasteiger charge is -2.20. The Hall–Kier alpha value is -2.06. The molecule has 0 heterocycles. The molecule has 0 aromatic rings. The second kappa shape index (κ2) is 12.4. The first-order valence-electron chi connectivity index (χ1n) is 9.01. The number of hydrogen-bond donors (Lipinski definition) is 2. The second-order valence-electron chi connectivity index (χ2n) is 5.71. The molecule has 8 nitrogen and oxygen atoms in total. The van der Waals surface area contributed by atoms with Crippen LogP contribution in [0.4, 0.5) is 0 Å². The predicted molar refractivity (Wildman–Crippen MR) is 104 cm³/mol. The van der Waals surface area contributed by atoms with Gasteiger partial charge in [0.05, 0.1) is 13.2 Å². The van der Waals surface area contributed by atoms with Crippen molar-refractivity contribution in [3.8, 4) is 0 Å². The molecule has 1 aliphatic rings. The smallest absolute Gasteiger partial charge is 0.305 e. The Kier molecular flexibility index (Phi) is 10.6. The Morgan fingerprint density at radius 3 is 1.46 bits per heavy atom. The molecule has 0 aliphatic heterocycles. The number of carbonyl (C=O) groups is 4. The summed E-state index contributed by atoms with van der Waals surface area (Å²) in [4.78, 5) is 47.4. The molecule has 0 aromatic carbocycles. The van der Waals surface area contributed by atoms with Crippen molar-refractivity contribution in [2.45, 2.75) is 39.5 Å². The van der Waals surface area contributed by atoms with Crippen LogP contribution in [-0.2, 0) is 28.7 Å². The minimum absolute atomic E-state index is 0.0994. The maximum atomic E-state index is 12.4.